The van der Waals surface area contributed by atoms with E-state index in [2.05, 4.69) is 6.07 Å². The van der Waals surface area contributed by atoms with Crippen molar-refractivity contribution < 1.29 is 18.5 Å². The van der Waals surface area contributed by atoms with E-state index < -0.39 is 0 Å². The first-order valence-electron chi connectivity index (χ1n) is 10.1. The first kappa shape index (κ1) is 22.6. The molecule has 0 aliphatic rings. The summed E-state index contributed by atoms with van der Waals surface area (Å²) in [7, 11) is -0.0543. The standard InChI is InChI=1S/C24H28O4P2/c1-19(26-22-12-5-3-6-13-22)29-25-18-17-21-11-9-10-16-24(21)28-30-20(2)27-23-14-7-4-8-15-23/h3-16,19-20,29-30H,17-18H2,1-2H3/p+1. The van der Waals surface area contributed by atoms with Gasteiger partial charge < -0.3 is 18.5 Å². The van der Waals surface area contributed by atoms with E-state index in [4.69, 9.17) is 18.5 Å². The van der Waals surface area contributed by atoms with Gasteiger partial charge in [0.25, 0.3) is 0 Å². The van der Waals surface area contributed by atoms with Gasteiger partial charge in [-0.25, -0.2) is 0 Å². The number of ether oxygens (including phenoxy) is 2. The molecule has 0 bridgehead atoms. The predicted octanol–water partition coefficient (Wildman–Crippen LogP) is 6.39. The van der Waals surface area contributed by atoms with Crippen molar-refractivity contribution in [3.8, 4) is 17.2 Å². The molecule has 0 radical (unpaired) electrons. The highest BCUT2D eigenvalue weighted by Gasteiger charge is 2.14. The molecular formula is C24H29O4P2+. The van der Waals surface area contributed by atoms with Crippen LogP contribution in [0.2, 0.25) is 0 Å². The number of benzene rings is 3. The summed E-state index contributed by atoms with van der Waals surface area (Å²) < 4.78 is 23.7. The fraction of sp³-hybridized carbons (Fsp3) is 0.250. The summed E-state index contributed by atoms with van der Waals surface area (Å²) in [4.78, 5) is 0. The third-order valence-corrected chi connectivity index (χ3v) is 5.93. The van der Waals surface area contributed by atoms with E-state index in [9.17, 15) is 0 Å². The Labute approximate surface area is 182 Å². The Kier molecular flexibility index (Phi) is 9.44. The van der Waals surface area contributed by atoms with Crippen molar-refractivity contribution in [3.63, 3.8) is 0 Å². The molecule has 6 heteroatoms. The highest BCUT2D eigenvalue weighted by Crippen LogP contribution is 2.31. The van der Waals surface area contributed by atoms with Gasteiger partial charge >= 0.3 is 0 Å². The molecule has 4 nitrogen and oxygen atoms in total. The number of hydrogen-bond donors (Lipinski definition) is 0. The third kappa shape index (κ3) is 7.95. The molecule has 0 spiro atoms. The molecule has 4 atom stereocenters. The summed E-state index contributed by atoms with van der Waals surface area (Å²) in [5, 5.41) is 0. The molecule has 30 heavy (non-hydrogen) atoms. The lowest BCUT2D eigenvalue weighted by molar-refractivity contribution is 0.274. The molecule has 3 aromatic carbocycles. The minimum atomic E-state index is -0.337. The summed E-state index contributed by atoms with van der Waals surface area (Å²) in [5.41, 5.74) is 1.15. The van der Waals surface area contributed by atoms with Gasteiger partial charge in [0, 0.05) is 12.5 Å². The van der Waals surface area contributed by atoms with Gasteiger partial charge in [0.1, 0.15) is 17.3 Å². The Morgan fingerprint density at radius 3 is 2.07 bits per heavy atom. The largest absolute Gasteiger partial charge is 0.484 e. The van der Waals surface area contributed by atoms with E-state index in [0.29, 0.717) is 6.61 Å². The minimum Gasteiger partial charge on any atom is -0.484 e. The smallest absolute Gasteiger partial charge is 0.233 e. The quantitative estimate of drug-likeness (QED) is 0.240. The van der Waals surface area contributed by atoms with Crippen LogP contribution in [0.15, 0.2) is 84.9 Å². The second kappa shape index (κ2) is 12.5. The Morgan fingerprint density at radius 2 is 1.37 bits per heavy atom. The molecule has 4 unspecified atom stereocenters. The van der Waals surface area contributed by atoms with Gasteiger partial charge in [-0.3, -0.25) is 0 Å². The molecular weight excluding hydrogens is 414 g/mol. The van der Waals surface area contributed by atoms with Gasteiger partial charge in [-0.2, -0.15) is 0 Å². The molecule has 0 aromatic heterocycles. The van der Waals surface area contributed by atoms with Crippen molar-refractivity contribution in [2.45, 2.75) is 32.0 Å². The van der Waals surface area contributed by atoms with Gasteiger partial charge in [-0.15, -0.1) is 0 Å². The molecule has 0 saturated carbocycles. The molecule has 3 rings (SSSR count). The van der Waals surface area contributed by atoms with Crippen LogP contribution in [-0.4, -0.2) is 18.3 Å². The average molecular weight is 443 g/mol. The van der Waals surface area contributed by atoms with Gasteiger partial charge in [-0.05, 0) is 43.7 Å². The molecule has 0 amide bonds. The van der Waals surface area contributed by atoms with E-state index in [0.717, 1.165) is 29.2 Å². The highest BCUT2D eigenvalue weighted by atomic mass is 31.1. The van der Waals surface area contributed by atoms with Crippen molar-refractivity contribution in [2.75, 3.05) is 6.61 Å². The predicted molar refractivity (Wildman–Crippen MR) is 128 cm³/mol. The van der Waals surface area contributed by atoms with E-state index in [1.165, 1.54) is 0 Å². The maximum Gasteiger partial charge on any atom is 0.233 e. The van der Waals surface area contributed by atoms with Gasteiger partial charge in [-0.1, -0.05) is 54.6 Å². The van der Waals surface area contributed by atoms with Crippen LogP contribution in [0, 0.1) is 0 Å². The number of rotatable bonds is 12. The summed E-state index contributed by atoms with van der Waals surface area (Å²) >= 11 is 0. The average Bonchev–Trinajstić information content (AvgIpc) is 2.77. The van der Waals surface area contributed by atoms with Gasteiger partial charge in [0.15, 0.2) is 5.75 Å². The lowest BCUT2D eigenvalue weighted by Gasteiger charge is -2.15. The van der Waals surface area contributed by atoms with Crippen LogP contribution in [0.3, 0.4) is 0 Å². The van der Waals surface area contributed by atoms with E-state index in [-0.39, 0.29) is 29.3 Å². The van der Waals surface area contributed by atoms with Crippen molar-refractivity contribution in [1.29, 1.82) is 0 Å². The van der Waals surface area contributed by atoms with Crippen molar-refractivity contribution in [2.24, 2.45) is 0 Å². The van der Waals surface area contributed by atoms with Crippen LogP contribution in [0.25, 0.3) is 0 Å². The van der Waals surface area contributed by atoms with Crippen LogP contribution >= 0.6 is 17.6 Å². The van der Waals surface area contributed by atoms with Crippen molar-refractivity contribution in [1.82, 2.24) is 0 Å². The Balaban J connectivity index is 1.40. The van der Waals surface area contributed by atoms with Gasteiger partial charge in [0.05, 0.1) is 15.4 Å². The summed E-state index contributed by atoms with van der Waals surface area (Å²) in [5.74, 6) is 2.72. The zero-order valence-electron chi connectivity index (χ0n) is 17.4. The summed E-state index contributed by atoms with van der Waals surface area (Å²) in [6.07, 6.45) is 0.800. The highest BCUT2D eigenvalue weighted by molar-refractivity contribution is 7.33. The first-order chi connectivity index (χ1) is 14.7. The van der Waals surface area contributed by atoms with E-state index in [1.54, 1.807) is 0 Å². The van der Waals surface area contributed by atoms with Crippen molar-refractivity contribution in [3.05, 3.63) is 90.5 Å². The van der Waals surface area contributed by atoms with Crippen LogP contribution in [0.4, 0.5) is 0 Å². The molecule has 3 aromatic rings. The zero-order chi connectivity index (χ0) is 21.0. The fourth-order valence-corrected chi connectivity index (χ4v) is 4.22. The third-order valence-electron chi connectivity index (χ3n) is 4.20. The second-order valence-corrected chi connectivity index (χ2v) is 9.57. The monoisotopic (exact) mass is 443 g/mol. The second-order valence-electron chi connectivity index (χ2n) is 6.79. The molecule has 0 fully saturated rings. The Bertz CT molecular complexity index is 861. The van der Waals surface area contributed by atoms with Crippen LogP contribution in [-0.2, 0) is 10.9 Å². The molecule has 0 saturated heterocycles. The van der Waals surface area contributed by atoms with Crippen molar-refractivity contribution >= 4 is 17.6 Å². The Hall–Kier alpha value is -2.12. The van der Waals surface area contributed by atoms with Crippen LogP contribution < -0.4 is 14.0 Å². The molecule has 0 heterocycles. The topological polar surface area (TPSA) is 36.9 Å². The number of para-hydroxylation sites is 3. The maximum atomic E-state index is 6.11. The van der Waals surface area contributed by atoms with E-state index >= 15 is 0 Å². The zero-order valence-corrected chi connectivity index (χ0v) is 19.5. The summed E-state index contributed by atoms with van der Waals surface area (Å²) in [6, 6.07) is 27.8. The molecule has 0 aliphatic carbocycles. The maximum absolute atomic E-state index is 6.11. The minimum absolute atomic E-state index is 0.0272. The van der Waals surface area contributed by atoms with Gasteiger partial charge in [0.2, 0.25) is 14.7 Å². The number of hydrogen-bond acceptors (Lipinski definition) is 4. The molecule has 158 valence electrons. The Morgan fingerprint density at radius 1 is 0.767 bits per heavy atom. The van der Waals surface area contributed by atoms with Crippen LogP contribution in [0.1, 0.15) is 19.4 Å². The summed E-state index contributed by atoms with van der Waals surface area (Å²) in [6.45, 7) is 4.70. The lowest BCUT2D eigenvalue weighted by Crippen LogP contribution is -2.08. The fourth-order valence-electron chi connectivity index (χ4n) is 2.80. The SMILES string of the molecule is CC(Oc1ccccc1)POCCc1ccccc1O[PH2+]C(C)Oc1ccccc1. The first-order valence-corrected chi connectivity index (χ1v) is 12.2. The molecule has 0 aliphatic heterocycles. The van der Waals surface area contributed by atoms with Crippen LogP contribution in [0.5, 0.6) is 17.2 Å². The molecule has 0 N–H and O–H groups in total. The van der Waals surface area contributed by atoms with E-state index in [1.807, 2.05) is 92.7 Å². The lowest BCUT2D eigenvalue weighted by atomic mass is 10.1. The normalized spacial score (nSPS) is 13.5.